The molecule has 0 unspecified atom stereocenters. The molecule has 1 nitrogen and oxygen atoms in total. The summed E-state index contributed by atoms with van der Waals surface area (Å²) in [6.45, 7) is 2.08. The van der Waals surface area contributed by atoms with Crippen molar-refractivity contribution in [2.24, 2.45) is 5.92 Å². The molecule has 1 fully saturated rings. The summed E-state index contributed by atoms with van der Waals surface area (Å²) in [5.41, 5.74) is 2.24. The number of ether oxygens (including phenoxy) is 1. The standard InChI is InChI=1S/C22H24F2O/c1-3-4-15-5-7-16(8-6-15)17-9-11-18(12-10-17)19-13-14-20(25-2)22(24)21(19)23/h3-4,9-16H,5-8H2,1-2H3/b4-3+. The zero-order valence-electron chi connectivity index (χ0n) is 14.8. The fourth-order valence-corrected chi connectivity index (χ4v) is 3.76. The Morgan fingerprint density at radius 1 is 0.920 bits per heavy atom. The van der Waals surface area contributed by atoms with E-state index in [0.29, 0.717) is 17.4 Å². The molecule has 25 heavy (non-hydrogen) atoms. The lowest BCUT2D eigenvalue weighted by molar-refractivity contribution is 0.372. The Morgan fingerprint density at radius 2 is 1.60 bits per heavy atom. The van der Waals surface area contributed by atoms with Gasteiger partial charge in [-0.3, -0.25) is 0 Å². The Kier molecular flexibility index (Phi) is 5.52. The van der Waals surface area contributed by atoms with Crippen molar-refractivity contribution in [2.75, 3.05) is 7.11 Å². The lowest BCUT2D eigenvalue weighted by Gasteiger charge is -2.27. The first-order chi connectivity index (χ1) is 12.1. The second-order valence-electron chi connectivity index (χ2n) is 6.70. The van der Waals surface area contributed by atoms with Crippen molar-refractivity contribution in [3.05, 3.63) is 65.7 Å². The van der Waals surface area contributed by atoms with Gasteiger partial charge in [0.05, 0.1) is 7.11 Å². The van der Waals surface area contributed by atoms with Gasteiger partial charge in [0, 0.05) is 5.56 Å². The van der Waals surface area contributed by atoms with E-state index in [4.69, 9.17) is 4.74 Å². The maximum atomic E-state index is 14.2. The van der Waals surface area contributed by atoms with Crippen molar-refractivity contribution in [3.8, 4) is 16.9 Å². The molecule has 1 aliphatic carbocycles. The predicted molar refractivity (Wildman–Crippen MR) is 97.9 cm³/mol. The van der Waals surface area contributed by atoms with Crippen LogP contribution in [0.1, 0.15) is 44.1 Å². The van der Waals surface area contributed by atoms with Crippen molar-refractivity contribution >= 4 is 0 Å². The molecule has 0 heterocycles. The fourth-order valence-electron chi connectivity index (χ4n) is 3.76. The largest absolute Gasteiger partial charge is 0.494 e. The summed E-state index contributed by atoms with van der Waals surface area (Å²) >= 11 is 0. The number of halogens is 2. The monoisotopic (exact) mass is 342 g/mol. The Bertz CT molecular complexity index is 741. The first kappa shape index (κ1) is 17.7. The first-order valence-corrected chi connectivity index (χ1v) is 8.89. The van der Waals surface area contributed by atoms with Gasteiger partial charge in [0.25, 0.3) is 0 Å². The van der Waals surface area contributed by atoms with E-state index in [1.165, 1.54) is 44.4 Å². The summed E-state index contributed by atoms with van der Waals surface area (Å²) in [7, 11) is 1.33. The number of rotatable bonds is 4. The van der Waals surface area contributed by atoms with Gasteiger partial charge in [-0.05, 0) is 67.7 Å². The molecule has 0 aromatic heterocycles. The third-order valence-electron chi connectivity index (χ3n) is 5.20. The molecule has 0 saturated heterocycles. The van der Waals surface area contributed by atoms with Gasteiger partial charge < -0.3 is 4.74 Å². The molecule has 3 rings (SSSR count). The van der Waals surface area contributed by atoms with Gasteiger partial charge in [0.1, 0.15) is 0 Å². The van der Waals surface area contributed by atoms with E-state index in [1.807, 2.05) is 12.1 Å². The van der Waals surface area contributed by atoms with Crippen LogP contribution in [0.25, 0.3) is 11.1 Å². The third kappa shape index (κ3) is 3.76. The molecule has 0 bridgehead atoms. The number of allylic oxidation sites excluding steroid dienone is 2. The molecule has 0 N–H and O–H groups in total. The molecule has 1 saturated carbocycles. The molecule has 0 radical (unpaired) electrons. The maximum absolute atomic E-state index is 14.2. The molecular weight excluding hydrogens is 318 g/mol. The van der Waals surface area contributed by atoms with E-state index in [-0.39, 0.29) is 11.3 Å². The lowest BCUT2D eigenvalue weighted by atomic mass is 9.78. The van der Waals surface area contributed by atoms with Crippen LogP contribution < -0.4 is 4.74 Å². The average molecular weight is 342 g/mol. The topological polar surface area (TPSA) is 9.23 Å². The van der Waals surface area contributed by atoms with Crippen molar-refractivity contribution < 1.29 is 13.5 Å². The summed E-state index contributed by atoms with van der Waals surface area (Å²) in [4.78, 5) is 0. The van der Waals surface area contributed by atoms with Gasteiger partial charge in [0.15, 0.2) is 11.6 Å². The minimum absolute atomic E-state index is 0.0734. The number of benzene rings is 2. The van der Waals surface area contributed by atoms with Gasteiger partial charge in [-0.25, -0.2) is 4.39 Å². The third-order valence-corrected chi connectivity index (χ3v) is 5.20. The fraction of sp³-hybridized carbons (Fsp3) is 0.364. The quantitative estimate of drug-likeness (QED) is 0.577. The lowest BCUT2D eigenvalue weighted by Crippen LogP contribution is -2.11. The summed E-state index contributed by atoms with van der Waals surface area (Å²) in [6.07, 6.45) is 9.24. The SMILES string of the molecule is C/C=C/C1CCC(c2ccc(-c3ccc(OC)c(F)c3F)cc2)CC1. The van der Waals surface area contributed by atoms with E-state index in [2.05, 4.69) is 31.2 Å². The maximum Gasteiger partial charge on any atom is 0.201 e. The highest BCUT2D eigenvalue weighted by Crippen LogP contribution is 2.37. The van der Waals surface area contributed by atoms with E-state index in [0.717, 1.165) is 0 Å². The minimum atomic E-state index is -0.939. The Hall–Kier alpha value is -2.16. The molecule has 0 aliphatic heterocycles. The Labute approximate surface area is 148 Å². The zero-order valence-corrected chi connectivity index (χ0v) is 14.8. The molecule has 0 spiro atoms. The molecule has 2 aromatic carbocycles. The Balaban J connectivity index is 1.76. The normalized spacial score (nSPS) is 20.8. The summed E-state index contributed by atoms with van der Waals surface area (Å²) in [5, 5.41) is 0. The van der Waals surface area contributed by atoms with Crippen LogP contribution >= 0.6 is 0 Å². The molecule has 2 aromatic rings. The number of hydrogen-bond acceptors (Lipinski definition) is 1. The molecule has 1 aliphatic rings. The minimum Gasteiger partial charge on any atom is -0.494 e. The highest BCUT2D eigenvalue weighted by molar-refractivity contribution is 5.65. The van der Waals surface area contributed by atoms with Crippen molar-refractivity contribution in [3.63, 3.8) is 0 Å². The van der Waals surface area contributed by atoms with Crippen molar-refractivity contribution in [1.82, 2.24) is 0 Å². The number of hydrogen-bond donors (Lipinski definition) is 0. The van der Waals surface area contributed by atoms with Gasteiger partial charge in [-0.15, -0.1) is 0 Å². The van der Waals surface area contributed by atoms with Gasteiger partial charge in [0.2, 0.25) is 5.82 Å². The van der Waals surface area contributed by atoms with Crippen LogP contribution in [0.3, 0.4) is 0 Å². The summed E-state index contributed by atoms with van der Waals surface area (Å²) in [5.74, 6) is -0.606. The van der Waals surface area contributed by atoms with Crippen LogP contribution in [-0.4, -0.2) is 7.11 Å². The molecule has 0 atom stereocenters. The van der Waals surface area contributed by atoms with Crippen LogP contribution in [0.15, 0.2) is 48.6 Å². The zero-order chi connectivity index (χ0) is 17.8. The smallest absolute Gasteiger partial charge is 0.201 e. The van der Waals surface area contributed by atoms with E-state index < -0.39 is 11.6 Å². The second kappa shape index (κ2) is 7.81. The molecule has 0 amide bonds. The molecule has 3 heteroatoms. The second-order valence-corrected chi connectivity index (χ2v) is 6.70. The van der Waals surface area contributed by atoms with Gasteiger partial charge >= 0.3 is 0 Å². The number of methoxy groups -OCH3 is 1. The van der Waals surface area contributed by atoms with Crippen molar-refractivity contribution in [1.29, 1.82) is 0 Å². The van der Waals surface area contributed by atoms with Crippen LogP contribution in [0.4, 0.5) is 8.78 Å². The first-order valence-electron chi connectivity index (χ1n) is 8.89. The van der Waals surface area contributed by atoms with Crippen LogP contribution in [0.5, 0.6) is 5.75 Å². The summed E-state index contributed by atoms with van der Waals surface area (Å²) in [6, 6.07) is 10.9. The van der Waals surface area contributed by atoms with Gasteiger partial charge in [-0.1, -0.05) is 36.4 Å². The van der Waals surface area contributed by atoms with E-state index >= 15 is 0 Å². The molecule has 132 valence electrons. The van der Waals surface area contributed by atoms with E-state index in [1.54, 1.807) is 6.07 Å². The Morgan fingerprint density at radius 3 is 2.20 bits per heavy atom. The van der Waals surface area contributed by atoms with Crippen LogP contribution in [-0.2, 0) is 0 Å². The average Bonchev–Trinajstić information content (AvgIpc) is 2.65. The van der Waals surface area contributed by atoms with Gasteiger partial charge in [-0.2, -0.15) is 4.39 Å². The van der Waals surface area contributed by atoms with Crippen LogP contribution in [0.2, 0.25) is 0 Å². The highest BCUT2D eigenvalue weighted by atomic mass is 19.2. The predicted octanol–water partition coefficient (Wildman–Crippen LogP) is 6.49. The van der Waals surface area contributed by atoms with E-state index in [9.17, 15) is 8.78 Å². The van der Waals surface area contributed by atoms with Crippen molar-refractivity contribution in [2.45, 2.75) is 38.5 Å². The summed E-state index contributed by atoms with van der Waals surface area (Å²) < 4.78 is 33.0. The highest BCUT2D eigenvalue weighted by Gasteiger charge is 2.21. The molecular formula is C22H24F2O. The van der Waals surface area contributed by atoms with Crippen LogP contribution in [0, 0.1) is 17.6 Å².